The summed E-state index contributed by atoms with van der Waals surface area (Å²) in [5.41, 5.74) is 0.744. The minimum atomic E-state index is -0.371. The molecule has 1 N–H and O–H groups in total. The summed E-state index contributed by atoms with van der Waals surface area (Å²) in [6.45, 7) is 6.85. The number of likely N-dealkylation sites (N-methyl/N-ethyl adjacent to an activating group) is 1. The molecule has 0 saturated carbocycles. The molecule has 5 heteroatoms. The van der Waals surface area contributed by atoms with Gasteiger partial charge in [0.2, 0.25) is 0 Å². The standard InChI is InChI=1S/C16H24FN3O/c1-4-12-11-20(10-9-19(12)3)16(21)13-7-6-8-14(17)15(13)18-5-2/h6-8,12,18H,4-5,9-11H2,1-3H3. The molecule has 1 atom stereocenters. The molecule has 1 heterocycles. The number of hydrogen-bond donors (Lipinski definition) is 1. The molecule has 1 amide bonds. The lowest BCUT2D eigenvalue weighted by molar-refractivity contribution is 0.0542. The Labute approximate surface area is 125 Å². The normalized spacial score (nSPS) is 19.6. The average Bonchev–Trinajstić information content (AvgIpc) is 2.49. The van der Waals surface area contributed by atoms with Crippen LogP contribution in [0.4, 0.5) is 10.1 Å². The molecule has 0 spiro atoms. The second kappa shape index (κ2) is 6.89. The van der Waals surface area contributed by atoms with Crippen molar-refractivity contribution in [2.24, 2.45) is 0 Å². The van der Waals surface area contributed by atoms with E-state index in [1.54, 1.807) is 12.1 Å². The van der Waals surface area contributed by atoms with Crippen LogP contribution in [-0.4, -0.2) is 55.0 Å². The predicted molar refractivity (Wildman–Crippen MR) is 83.2 cm³/mol. The molecule has 1 aliphatic rings. The minimum Gasteiger partial charge on any atom is -0.382 e. The van der Waals surface area contributed by atoms with Crippen LogP contribution in [0.25, 0.3) is 0 Å². The van der Waals surface area contributed by atoms with Gasteiger partial charge < -0.3 is 10.2 Å². The molecule has 2 rings (SSSR count). The van der Waals surface area contributed by atoms with E-state index in [-0.39, 0.29) is 11.7 Å². The van der Waals surface area contributed by atoms with Crippen LogP contribution in [0.15, 0.2) is 18.2 Å². The molecular weight excluding hydrogens is 269 g/mol. The highest BCUT2D eigenvalue weighted by atomic mass is 19.1. The number of para-hydroxylation sites is 1. The van der Waals surface area contributed by atoms with E-state index in [0.717, 1.165) is 13.0 Å². The fraction of sp³-hybridized carbons (Fsp3) is 0.562. The number of halogens is 1. The highest BCUT2D eigenvalue weighted by Gasteiger charge is 2.28. The Morgan fingerprint density at radius 2 is 2.14 bits per heavy atom. The zero-order valence-corrected chi connectivity index (χ0v) is 13.0. The number of anilines is 1. The van der Waals surface area contributed by atoms with Crippen molar-refractivity contribution >= 4 is 11.6 Å². The fourth-order valence-electron chi connectivity index (χ4n) is 2.80. The van der Waals surface area contributed by atoms with Crippen molar-refractivity contribution in [2.75, 3.05) is 38.5 Å². The van der Waals surface area contributed by atoms with Crippen LogP contribution in [0.2, 0.25) is 0 Å². The van der Waals surface area contributed by atoms with Crippen LogP contribution in [0.1, 0.15) is 30.6 Å². The smallest absolute Gasteiger partial charge is 0.256 e. The Morgan fingerprint density at radius 3 is 2.81 bits per heavy atom. The summed E-state index contributed by atoms with van der Waals surface area (Å²) in [4.78, 5) is 16.8. The van der Waals surface area contributed by atoms with E-state index in [4.69, 9.17) is 0 Å². The van der Waals surface area contributed by atoms with Gasteiger partial charge in [-0.1, -0.05) is 13.0 Å². The lowest BCUT2D eigenvalue weighted by Crippen LogP contribution is -2.53. The number of carbonyl (C=O) groups excluding carboxylic acids is 1. The van der Waals surface area contributed by atoms with Crippen molar-refractivity contribution in [3.8, 4) is 0 Å². The van der Waals surface area contributed by atoms with E-state index < -0.39 is 0 Å². The molecule has 1 aromatic rings. The zero-order chi connectivity index (χ0) is 15.4. The maximum absolute atomic E-state index is 13.9. The van der Waals surface area contributed by atoms with Crippen LogP contribution < -0.4 is 5.32 Å². The zero-order valence-electron chi connectivity index (χ0n) is 13.0. The lowest BCUT2D eigenvalue weighted by Gasteiger charge is -2.39. The van der Waals surface area contributed by atoms with Gasteiger partial charge in [0.05, 0.1) is 11.3 Å². The number of piperazine rings is 1. The van der Waals surface area contributed by atoms with Gasteiger partial charge in [0, 0.05) is 32.2 Å². The Morgan fingerprint density at radius 1 is 1.38 bits per heavy atom. The second-order valence-corrected chi connectivity index (χ2v) is 5.49. The van der Waals surface area contributed by atoms with Crippen molar-refractivity contribution in [3.05, 3.63) is 29.6 Å². The third-order valence-electron chi connectivity index (χ3n) is 4.13. The highest BCUT2D eigenvalue weighted by molar-refractivity contribution is 5.99. The van der Waals surface area contributed by atoms with Gasteiger partial charge in [0.15, 0.2) is 0 Å². The van der Waals surface area contributed by atoms with E-state index in [9.17, 15) is 9.18 Å². The van der Waals surface area contributed by atoms with Crippen molar-refractivity contribution in [2.45, 2.75) is 26.3 Å². The molecular formula is C16H24FN3O. The van der Waals surface area contributed by atoms with E-state index in [0.29, 0.717) is 36.9 Å². The Hall–Kier alpha value is -1.62. The van der Waals surface area contributed by atoms with Gasteiger partial charge in [0.1, 0.15) is 5.82 Å². The van der Waals surface area contributed by atoms with Crippen molar-refractivity contribution in [1.82, 2.24) is 9.80 Å². The predicted octanol–water partition coefficient (Wildman–Crippen LogP) is 2.42. The van der Waals surface area contributed by atoms with Crippen LogP contribution in [-0.2, 0) is 0 Å². The Bertz CT molecular complexity index is 506. The molecule has 0 bridgehead atoms. The van der Waals surface area contributed by atoms with E-state index in [1.165, 1.54) is 6.07 Å². The molecule has 1 unspecified atom stereocenters. The van der Waals surface area contributed by atoms with Crippen molar-refractivity contribution < 1.29 is 9.18 Å². The third-order valence-corrected chi connectivity index (χ3v) is 4.13. The molecule has 1 aliphatic heterocycles. The number of rotatable bonds is 4. The first kappa shape index (κ1) is 15.8. The first-order chi connectivity index (χ1) is 10.1. The Kier molecular flexibility index (Phi) is 5.17. The van der Waals surface area contributed by atoms with Crippen LogP contribution in [0.3, 0.4) is 0 Å². The molecule has 1 fully saturated rings. The molecule has 116 valence electrons. The number of carbonyl (C=O) groups is 1. The van der Waals surface area contributed by atoms with Crippen LogP contribution >= 0.6 is 0 Å². The van der Waals surface area contributed by atoms with Gasteiger partial charge in [-0.15, -0.1) is 0 Å². The quantitative estimate of drug-likeness (QED) is 0.926. The number of benzene rings is 1. The summed E-state index contributed by atoms with van der Waals surface area (Å²) < 4.78 is 13.9. The molecule has 0 aromatic heterocycles. The van der Waals surface area contributed by atoms with Gasteiger partial charge in [0.25, 0.3) is 5.91 Å². The van der Waals surface area contributed by atoms with Crippen LogP contribution in [0.5, 0.6) is 0 Å². The van der Waals surface area contributed by atoms with E-state index >= 15 is 0 Å². The highest BCUT2D eigenvalue weighted by Crippen LogP contribution is 2.23. The topological polar surface area (TPSA) is 35.6 Å². The van der Waals surface area contributed by atoms with Crippen LogP contribution in [0, 0.1) is 5.82 Å². The van der Waals surface area contributed by atoms with E-state index in [2.05, 4.69) is 24.2 Å². The summed E-state index contributed by atoms with van der Waals surface area (Å²) in [6.07, 6.45) is 1.00. The number of nitrogens with zero attached hydrogens (tertiary/aromatic N) is 2. The lowest BCUT2D eigenvalue weighted by atomic mass is 10.1. The molecule has 1 aromatic carbocycles. The SMILES string of the molecule is CCNc1c(F)cccc1C(=O)N1CCN(C)C(CC)C1. The number of amides is 1. The first-order valence-electron chi connectivity index (χ1n) is 7.60. The van der Waals surface area contributed by atoms with Gasteiger partial charge in [-0.25, -0.2) is 4.39 Å². The number of nitrogens with one attached hydrogen (secondary N) is 1. The van der Waals surface area contributed by atoms with Gasteiger partial charge in [-0.3, -0.25) is 9.69 Å². The third kappa shape index (κ3) is 3.35. The average molecular weight is 293 g/mol. The maximum Gasteiger partial charge on any atom is 0.256 e. The van der Waals surface area contributed by atoms with Gasteiger partial charge in [-0.05, 0) is 32.5 Å². The van der Waals surface area contributed by atoms with Gasteiger partial charge in [-0.2, -0.15) is 0 Å². The second-order valence-electron chi connectivity index (χ2n) is 5.49. The minimum absolute atomic E-state index is 0.0861. The summed E-state index contributed by atoms with van der Waals surface area (Å²) in [5, 5.41) is 2.97. The molecule has 4 nitrogen and oxygen atoms in total. The largest absolute Gasteiger partial charge is 0.382 e. The summed E-state index contributed by atoms with van der Waals surface area (Å²) in [7, 11) is 2.09. The van der Waals surface area contributed by atoms with Crippen molar-refractivity contribution in [3.63, 3.8) is 0 Å². The van der Waals surface area contributed by atoms with Crippen molar-refractivity contribution in [1.29, 1.82) is 0 Å². The summed E-state index contributed by atoms with van der Waals surface area (Å²) in [6, 6.07) is 5.05. The summed E-state index contributed by atoms with van der Waals surface area (Å²) in [5.74, 6) is -0.458. The maximum atomic E-state index is 13.9. The molecule has 1 saturated heterocycles. The molecule has 0 radical (unpaired) electrons. The molecule has 21 heavy (non-hydrogen) atoms. The molecule has 0 aliphatic carbocycles. The number of hydrogen-bond acceptors (Lipinski definition) is 3. The monoisotopic (exact) mass is 293 g/mol. The van der Waals surface area contributed by atoms with Gasteiger partial charge >= 0.3 is 0 Å². The summed E-state index contributed by atoms with van der Waals surface area (Å²) >= 11 is 0. The van der Waals surface area contributed by atoms with E-state index in [1.807, 2.05) is 11.8 Å². The Balaban J connectivity index is 2.22. The first-order valence-corrected chi connectivity index (χ1v) is 7.60. The fourth-order valence-corrected chi connectivity index (χ4v) is 2.80.